The molecule has 5 atom stereocenters. The molecule has 1 rings (SSSR count). The maximum absolute atomic E-state index is 11.2. The lowest BCUT2D eigenvalue weighted by atomic mass is 10.00. The van der Waals surface area contributed by atoms with Crippen LogP contribution in [-0.4, -0.2) is 63.7 Å². The van der Waals surface area contributed by atoms with Crippen LogP contribution in [0, 0.1) is 0 Å². The lowest BCUT2D eigenvalue weighted by molar-refractivity contribution is -0.220. The first kappa shape index (κ1) is 17.9. The van der Waals surface area contributed by atoms with Gasteiger partial charge in [0.15, 0.2) is 16.7 Å². The van der Waals surface area contributed by atoms with Crippen LogP contribution in [0.1, 0.15) is 20.8 Å². The van der Waals surface area contributed by atoms with Crippen LogP contribution >= 0.6 is 11.8 Å². The maximum atomic E-state index is 11.2. The van der Waals surface area contributed by atoms with Crippen molar-refractivity contribution in [2.45, 2.75) is 50.6 Å². The fourth-order valence-electron chi connectivity index (χ4n) is 1.82. The zero-order valence-corrected chi connectivity index (χ0v) is 12.7. The van der Waals surface area contributed by atoms with Crippen LogP contribution < -0.4 is 0 Å². The molecule has 120 valence electrons. The Bertz CT molecular complexity index is 410. The zero-order chi connectivity index (χ0) is 16.2. The molecule has 5 unspecified atom stereocenters. The summed E-state index contributed by atoms with van der Waals surface area (Å²) in [5.41, 5.74) is -0.995. The molecule has 0 radical (unpaired) electrons. The molecule has 1 aliphatic rings. The third-order valence-corrected chi connectivity index (χ3v) is 3.62. The van der Waals surface area contributed by atoms with Crippen molar-refractivity contribution in [2.75, 3.05) is 6.61 Å². The van der Waals surface area contributed by atoms with Crippen molar-refractivity contribution in [2.24, 2.45) is 0 Å². The number of carbonyl (C=O) groups is 3. The van der Waals surface area contributed by atoms with E-state index in [1.807, 2.05) is 0 Å². The Morgan fingerprint density at radius 3 is 2.19 bits per heavy atom. The van der Waals surface area contributed by atoms with Crippen molar-refractivity contribution in [1.29, 1.82) is 0 Å². The molecule has 1 saturated heterocycles. The monoisotopic (exact) mass is 322 g/mol. The van der Waals surface area contributed by atoms with Gasteiger partial charge in [0.05, 0.1) is 0 Å². The fraction of sp³-hybridized carbons (Fsp3) is 0.750. The topological polar surface area (TPSA) is 119 Å². The van der Waals surface area contributed by atoms with Crippen LogP contribution in [0.5, 0.6) is 0 Å². The van der Waals surface area contributed by atoms with Gasteiger partial charge in [-0.05, 0) is 0 Å². The Labute approximate surface area is 125 Å². The summed E-state index contributed by atoms with van der Waals surface area (Å²) in [6, 6.07) is 0. The number of rotatable bonds is 4. The highest BCUT2D eigenvalue weighted by molar-refractivity contribution is 8.14. The van der Waals surface area contributed by atoms with Gasteiger partial charge in [0.1, 0.15) is 24.9 Å². The van der Waals surface area contributed by atoms with Gasteiger partial charge >= 0.3 is 11.9 Å². The molecule has 0 spiro atoms. The molecule has 9 heteroatoms. The van der Waals surface area contributed by atoms with Crippen LogP contribution in [-0.2, 0) is 28.6 Å². The highest BCUT2D eigenvalue weighted by Crippen LogP contribution is 2.31. The number of esters is 2. The largest absolute Gasteiger partial charge is 0.463 e. The fourth-order valence-corrected chi connectivity index (χ4v) is 2.69. The number of aliphatic hydroxyl groups is 2. The molecule has 21 heavy (non-hydrogen) atoms. The van der Waals surface area contributed by atoms with Crippen LogP contribution in [0.4, 0.5) is 0 Å². The van der Waals surface area contributed by atoms with Crippen molar-refractivity contribution in [3.63, 3.8) is 0 Å². The summed E-state index contributed by atoms with van der Waals surface area (Å²) in [6.07, 6.45) is -5.09. The third-order valence-electron chi connectivity index (χ3n) is 2.68. The van der Waals surface area contributed by atoms with E-state index in [0.29, 0.717) is 0 Å². The van der Waals surface area contributed by atoms with E-state index < -0.39 is 41.8 Å². The molecule has 0 aromatic carbocycles. The Morgan fingerprint density at radius 2 is 1.71 bits per heavy atom. The van der Waals surface area contributed by atoms with E-state index >= 15 is 0 Å². The van der Waals surface area contributed by atoms with Gasteiger partial charge in [0, 0.05) is 20.8 Å². The lowest BCUT2D eigenvalue weighted by Crippen LogP contribution is -2.59. The van der Waals surface area contributed by atoms with Crippen molar-refractivity contribution in [1.82, 2.24) is 0 Å². The lowest BCUT2D eigenvalue weighted by Gasteiger charge is -2.41. The third kappa shape index (κ3) is 5.27. The van der Waals surface area contributed by atoms with Gasteiger partial charge in [0.2, 0.25) is 0 Å². The number of hydrogen-bond donors (Lipinski definition) is 2. The van der Waals surface area contributed by atoms with Crippen molar-refractivity contribution >= 4 is 28.8 Å². The standard InChI is InChI=1S/C12H18O8S/c1-5(13)18-4-8-9(16)10(17)11(19-6(2)14)12(20-8)21-7(3)15/h8-12,16-17H,4H2,1-3H3. The summed E-state index contributed by atoms with van der Waals surface area (Å²) < 4.78 is 15.1. The highest BCUT2D eigenvalue weighted by Gasteiger charge is 2.47. The Kier molecular flexibility index (Phi) is 6.59. The molecule has 0 aliphatic carbocycles. The molecule has 0 aromatic rings. The van der Waals surface area contributed by atoms with Gasteiger partial charge in [-0.3, -0.25) is 14.4 Å². The normalized spacial score (nSPS) is 32.3. The van der Waals surface area contributed by atoms with Gasteiger partial charge in [0.25, 0.3) is 0 Å². The van der Waals surface area contributed by atoms with Crippen molar-refractivity contribution in [3.8, 4) is 0 Å². The average Bonchev–Trinajstić information content (AvgIpc) is 2.35. The molecule has 1 fully saturated rings. The molecule has 0 aromatic heterocycles. The Hall–Kier alpha value is -1.16. The van der Waals surface area contributed by atoms with Gasteiger partial charge in [-0.1, -0.05) is 11.8 Å². The minimum atomic E-state index is -1.46. The molecule has 8 nitrogen and oxygen atoms in total. The first-order chi connectivity index (χ1) is 9.72. The summed E-state index contributed by atoms with van der Waals surface area (Å²) in [5.74, 6) is -1.25. The minimum absolute atomic E-state index is 0.282. The van der Waals surface area contributed by atoms with E-state index in [2.05, 4.69) is 0 Å². The summed E-state index contributed by atoms with van der Waals surface area (Å²) in [6.45, 7) is 3.33. The van der Waals surface area contributed by atoms with Crippen LogP contribution in [0.25, 0.3) is 0 Å². The van der Waals surface area contributed by atoms with E-state index in [-0.39, 0.29) is 11.7 Å². The van der Waals surface area contributed by atoms with Crippen LogP contribution in [0.3, 0.4) is 0 Å². The number of carbonyl (C=O) groups excluding carboxylic acids is 3. The second-order valence-corrected chi connectivity index (χ2v) is 5.79. The molecule has 0 amide bonds. The number of ether oxygens (including phenoxy) is 3. The molecular weight excluding hydrogens is 304 g/mol. The van der Waals surface area contributed by atoms with Gasteiger partial charge in [-0.15, -0.1) is 0 Å². The van der Waals surface area contributed by atoms with Crippen molar-refractivity contribution < 1.29 is 38.8 Å². The minimum Gasteiger partial charge on any atom is -0.463 e. The molecular formula is C12H18O8S. The van der Waals surface area contributed by atoms with E-state index in [0.717, 1.165) is 18.7 Å². The van der Waals surface area contributed by atoms with E-state index in [4.69, 9.17) is 14.2 Å². The number of hydrogen-bond acceptors (Lipinski definition) is 9. The predicted octanol–water partition coefficient (Wildman–Crippen LogP) is -0.792. The van der Waals surface area contributed by atoms with Crippen molar-refractivity contribution in [3.05, 3.63) is 0 Å². The van der Waals surface area contributed by atoms with Gasteiger partial charge in [-0.25, -0.2) is 0 Å². The summed E-state index contributed by atoms with van der Waals surface area (Å²) in [4.78, 5) is 33.1. The van der Waals surface area contributed by atoms with Crippen LogP contribution in [0.2, 0.25) is 0 Å². The smallest absolute Gasteiger partial charge is 0.303 e. The van der Waals surface area contributed by atoms with Gasteiger partial charge in [-0.2, -0.15) is 0 Å². The predicted molar refractivity (Wildman–Crippen MR) is 71.1 cm³/mol. The van der Waals surface area contributed by atoms with E-state index in [1.54, 1.807) is 0 Å². The zero-order valence-electron chi connectivity index (χ0n) is 11.8. The van der Waals surface area contributed by atoms with E-state index in [1.165, 1.54) is 13.8 Å². The highest BCUT2D eigenvalue weighted by atomic mass is 32.2. The summed E-state index contributed by atoms with van der Waals surface area (Å²) >= 11 is 0.719. The number of thioether (sulfide) groups is 1. The first-order valence-corrected chi connectivity index (χ1v) is 7.09. The first-order valence-electron chi connectivity index (χ1n) is 6.21. The second-order valence-electron chi connectivity index (χ2n) is 4.51. The number of aliphatic hydroxyl groups excluding tert-OH is 2. The molecule has 0 saturated carbocycles. The molecule has 1 aliphatic heterocycles. The van der Waals surface area contributed by atoms with Gasteiger partial charge < -0.3 is 24.4 Å². The molecule has 1 heterocycles. The SMILES string of the molecule is CC(=O)OCC1OC(SC(C)=O)C(OC(C)=O)C(O)C1O. The molecule has 2 N–H and O–H groups in total. The maximum Gasteiger partial charge on any atom is 0.303 e. The summed E-state index contributed by atoms with van der Waals surface area (Å²) in [7, 11) is 0. The van der Waals surface area contributed by atoms with Crippen LogP contribution in [0.15, 0.2) is 0 Å². The quantitative estimate of drug-likeness (QED) is 0.641. The Morgan fingerprint density at radius 1 is 1.10 bits per heavy atom. The van der Waals surface area contributed by atoms with E-state index in [9.17, 15) is 24.6 Å². The second kappa shape index (κ2) is 7.74. The average molecular weight is 322 g/mol. The Balaban J connectivity index is 2.84. The molecule has 0 bridgehead atoms. The summed E-state index contributed by atoms with van der Waals surface area (Å²) in [5, 5.41) is 19.7.